The average Bonchev–Trinajstić information content (AvgIpc) is 2.39. The number of hydrogen-bond acceptors (Lipinski definition) is 3. The zero-order chi connectivity index (χ0) is 13.3. The van der Waals surface area contributed by atoms with Crippen molar-refractivity contribution in [2.75, 3.05) is 31.1 Å². The largest absolute Gasteiger partial charge is 0.355 e. The van der Waals surface area contributed by atoms with E-state index in [-0.39, 0.29) is 0 Å². The van der Waals surface area contributed by atoms with E-state index >= 15 is 0 Å². The molecule has 1 spiro atoms. The zero-order valence-electron chi connectivity index (χ0n) is 11.0. The van der Waals surface area contributed by atoms with Gasteiger partial charge in [0.15, 0.2) is 0 Å². The summed E-state index contributed by atoms with van der Waals surface area (Å²) in [6, 6.07) is 1.93. The van der Waals surface area contributed by atoms with Crippen molar-refractivity contribution < 1.29 is 0 Å². The highest BCUT2D eigenvalue weighted by molar-refractivity contribution is 9.10. The van der Waals surface area contributed by atoms with Crippen LogP contribution in [0.5, 0.6) is 0 Å². The Hall–Kier alpha value is -0.320. The van der Waals surface area contributed by atoms with Gasteiger partial charge < -0.3 is 10.2 Å². The van der Waals surface area contributed by atoms with E-state index in [4.69, 9.17) is 11.6 Å². The Labute approximate surface area is 127 Å². The van der Waals surface area contributed by atoms with Crippen LogP contribution < -0.4 is 10.2 Å². The van der Waals surface area contributed by atoms with E-state index in [0.717, 1.165) is 34.9 Å². The maximum absolute atomic E-state index is 6.34. The summed E-state index contributed by atoms with van der Waals surface area (Å²) >= 11 is 9.76. The zero-order valence-corrected chi connectivity index (χ0v) is 13.3. The number of pyridine rings is 1. The van der Waals surface area contributed by atoms with Crippen molar-refractivity contribution >= 4 is 33.3 Å². The van der Waals surface area contributed by atoms with Crippen LogP contribution in [0.15, 0.2) is 16.7 Å². The molecule has 5 heteroatoms. The molecule has 0 aromatic carbocycles. The lowest BCUT2D eigenvalue weighted by molar-refractivity contribution is 0.173. The van der Waals surface area contributed by atoms with Gasteiger partial charge in [-0.2, -0.15) is 0 Å². The van der Waals surface area contributed by atoms with Gasteiger partial charge in [-0.1, -0.05) is 11.6 Å². The second-order valence-electron chi connectivity index (χ2n) is 5.76. The van der Waals surface area contributed by atoms with Gasteiger partial charge in [0.05, 0.1) is 5.02 Å². The molecule has 1 unspecified atom stereocenters. The molecule has 3 rings (SSSR count). The molecule has 0 bridgehead atoms. The summed E-state index contributed by atoms with van der Waals surface area (Å²) in [6.07, 6.45) is 7.00. The van der Waals surface area contributed by atoms with Crippen LogP contribution in [0.4, 0.5) is 5.82 Å². The minimum absolute atomic E-state index is 0.425. The summed E-state index contributed by atoms with van der Waals surface area (Å²) in [5, 5.41) is 4.30. The van der Waals surface area contributed by atoms with Gasteiger partial charge in [-0.15, -0.1) is 0 Å². The molecule has 3 nitrogen and oxygen atoms in total. The minimum Gasteiger partial charge on any atom is -0.355 e. The molecule has 1 N–H and O–H groups in total. The topological polar surface area (TPSA) is 28.2 Å². The predicted octanol–water partition coefficient (Wildman–Crippen LogP) is 3.47. The lowest BCUT2D eigenvalue weighted by atomic mass is 9.74. The van der Waals surface area contributed by atoms with Crippen LogP contribution in [0.1, 0.15) is 25.7 Å². The first-order valence-electron chi connectivity index (χ1n) is 6.95. The van der Waals surface area contributed by atoms with Crippen molar-refractivity contribution in [3.63, 3.8) is 0 Å². The first kappa shape index (κ1) is 13.7. The first-order valence-corrected chi connectivity index (χ1v) is 8.12. The molecule has 0 aliphatic carbocycles. The summed E-state index contributed by atoms with van der Waals surface area (Å²) in [5.41, 5.74) is 0.425. The van der Waals surface area contributed by atoms with Crippen LogP contribution in [0.2, 0.25) is 5.02 Å². The number of aromatic nitrogens is 1. The Morgan fingerprint density at radius 3 is 2.95 bits per heavy atom. The summed E-state index contributed by atoms with van der Waals surface area (Å²) in [7, 11) is 0. The average molecular weight is 345 g/mol. The Kier molecular flexibility index (Phi) is 4.01. The molecule has 2 aliphatic heterocycles. The lowest BCUT2D eigenvalue weighted by Crippen LogP contribution is -2.51. The Morgan fingerprint density at radius 2 is 2.21 bits per heavy atom. The number of anilines is 1. The third-order valence-corrected chi connectivity index (χ3v) is 5.02. The molecule has 2 saturated heterocycles. The van der Waals surface area contributed by atoms with Crippen molar-refractivity contribution in [2.45, 2.75) is 25.7 Å². The van der Waals surface area contributed by atoms with Crippen molar-refractivity contribution in [2.24, 2.45) is 5.41 Å². The number of piperidine rings is 2. The number of nitrogens with one attached hydrogen (secondary N) is 1. The van der Waals surface area contributed by atoms with Gasteiger partial charge in [0.25, 0.3) is 0 Å². The maximum atomic E-state index is 6.34. The van der Waals surface area contributed by atoms with Gasteiger partial charge in [-0.25, -0.2) is 4.98 Å². The summed E-state index contributed by atoms with van der Waals surface area (Å²) in [6.45, 7) is 4.45. The molecule has 1 atom stereocenters. The number of rotatable bonds is 1. The highest BCUT2D eigenvalue weighted by Crippen LogP contribution is 2.38. The summed E-state index contributed by atoms with van der Waals surface area (Å²) in [4.78, 5) is 6.87. The van der Waals surface area contributed by atoms with Gasteiger partial charge in [0.2, 0.25) is 0 Å². The van der Waals surface area contributed by atoms with Crippen LogP contribution >= 0.6 is 27.5 Å². The predicted molar refractivity (Wildman–Crippen MR) is 82.9 cm³/mol. The van der Waals surface area contributed by atoms with Gasteiger partial charge in [-0.05, 0) is 54.2 Å². The van der Waals surface area contributed by atoms with E-state index in [1.807, 2.05) is 12.3 Å². The molecule has 19 heavy (non-hydrogen) atoms. The van der Waals surface area contributed by atoms with Crippen molar-refractivity contribution in [3.8, 4) is 0 Å². The smallest absolute Gasteiger partial charge is 0.147 e. The SMILES string of the molecule is Clc1cc(Br)cnc1N1CCCC2(CCCNC2)C1. The molecule has 0 saturated carbocycles. The standard InChI is InChI=1S/C14H19BrClN3/c15-11-7-12(16)13(18-8-11)19-6-2-4-14(10-19)3-1-5-17-9-14/h7-8,17H,1-6,9-10H2. The van der Waals surface area contributed by atoms with Crippen LogP contribution in [0.3, 0.4) is 0 Å². The molecule has 0 radical (unpaired) electrons. The highest BCUT2D eigenvalue weighted by atomic mass is 79.9. The van der Waals surface area contributed by atoms with Crippen LogP contribution in [-0.4, -0.2) is 31.2 Å². The normalized spacial score (nSPS) is 27.8. The molecule has 1 aromatic heterocycles. The molecule has 104 valence electrons. The Bertz CT molecular complexity index is 454. The molecule has 0 amide bonds. The molecule has 2 aliphatic rings. The van der Waals surface area contributed by atoms with Crippen LogP contribution in [-0.2, 0) is 0 Å². The quantitative estimate of drug-likeness (QED) is 0.845. The van der Waals surface area contributed by atoms with Crippen molar-refractivity contribution in [1.29, 1.82) is 0 Å². The monoisotopic (exact) mass is 343 g/mol. The second kappa shape index (κ2) is 5.58. The number of nitrogens with zero attached hydrogens (tertiary/aromatic N) is 2. The van der Waals surface area contributed by atoms with Gasteiger partial charge in [-0.3, -0.25) is 0 Å². The molecule has 2 fully saturated rings. The van der Waals surface area contributed by atoms with Crippen molar-refractivity contribution in [3.05, 3.63) is 21.8 Å². The van der Waals surface area contributed by atoms with Gasteiger partial charge in [0.1, 0.15) is 5.82 Å². The molecular weight excluding hydrogens is 326 g/mol. The highest BCUT2D eigenvalue weighted by Gasteiger charge is 2.37. The fourth-order valence-corrected chi connectivity index (χ4v) is 4.16. The van der Waals surface area contributed by atoms with Crippen LogP contribution in [0.25, 0.3) is 0 Å². The van der Waals surface area contributed by atoms with E-state index in [0.29, 0.717) is 5.41 Å². The molecule has 3 heterocycles. The summed E-state index contributed by atoms with van der Waals surface area (Å²) < 4.78 is 0.937. The van der Waals surface area contributed by atoms with Gasteiger partial charge >= 0.3 is 0 Å². The maximum Gasteiger partial charge on any atom is 0.147 e. The third kappa shape index (κ3) is 2.91. The Balaban J connectivity index is 1.81. The third-order valence-electron chi connectivity index (χ3n) is 4.31. The summed E-state index contributed by atoms with van der Waals surface area (Å²) in [5.74, 6) is 0.939. The van der Waals surface area contributed by atoms with E-state index in [9.17, 15) is 0 Å². The number of hydrogen-bond donors (Lipinski definition) is 1. The van der Waals surface area contributed by atoms with E-state index < -0.39 is 0 Å². The van der Waals surface area contributed by atoms with Gasteiger partial charge in [0, 0.05) is 35.7 Å². The fraction of sp³-hybridized carbons (Fsp3) is 0.643. The van der Waals surface area contributed by atoms with E-state index in [1.165, 1.54) is 32.2 Å². The lowest BCUT2D eigenvalue weighted by Gasteiger charge is -2.46. The minimum atomic E-state index is 0.425. The van der Waals surface area contributed by atoms with E-state index in [2.05, 4.69) is 31.1 Å². The Morgan fingerprint density at radius 1 is 1.37 bits per heavy atom. The number of halogens is 2. The second-order valence-corrected chi connectivity index (χ2v) is 7.09. The first-order chi connectivity index (χ1) is 9.19. The fourth-order valence-electron chi connectivity index (χ4n) is 3.41. The van der Waals surface area contributed by atoms with Crippen molar-refractivity contribution in [1.82, 2.24) is 10.3 Å². The molecular formula is C14H19BrClN3. The van der Waals surface area contributed by atoms with E-state index in [1.54, 1.807) is 0 Å². The van der Waals surface area contributed by atoms with Crippen LogP contribution in [0, 0.1) is 5.41 Å². The molecule has 1 aromatic rings.